The standard InChI is InChI=1S/C17H35N3O/c1-3-9-20-10-4-7-17(15-18,8-11-20)19(2)12-13-21-14-16-5-6-16/h16H,3-15,18H2,1-2H3. The average Bonchev–Trinajstić information content (AvgIpc) is 3.31. The molecule has 1 saturated carbocycles. The Hall–Kier alpha value is -0.160. The number of ether oxygens (including phenoxy) is 1. The molecule has 0 bridgehead atoms. The summed E-state index contributed by atoms with van der Waals surface area (Å²) in [5, 5.41) is 0. The fraction of sp³-hybridized carbons (Fsp3) is 1.00. The molecule has 124 valence electrons. The van der Waals surface area contributed by atoms with Crippen LogP contribution in [0.3, 0.4) is 0 Å². The van der Waals surface area contributed by atoms with Gasteiger partial charge in [-0.1, -0.05) is 6.92 Å². The van der Waals surface area contributed by atoms with Crippen molar-refractivity contribution in [3.8, 4) is 0 Å². The molecule has 0 aromatic heterocycles. The van der Waals surface area contributed by atoms with Crippen LogP contribution in [0.2, 0.25) is 0 Å². The molecule has 0 aromatic rings. The van der Waals surface area contributed by atoms with Gasteiger partial charge in [0.25, 0.3) is 0 Å². The maximum absolute atomic E-state index is 6.19. The molecule has 2 fully saturated rings. The van der Waals surface area contributed by atoms with E-state index in [1.807, 2.05) is 0 Å². The summed E-state index contributed by atoms with van der Waals surface area (Å²) in [4.78, 5) is 5.09. The van der Waals surface area contributed by atoms with Crippen molar-refractivity contribution in [2.45, 2.75) is 51.0 Å². The van der Waals surface area contributed by atoms with Crippen LogP contribution in [0, 0.1) is 5.92 Å². The second-order valence-electron chi connectivity index (χ2n) is 7.06. The number of nitrogens with two attached hydrogens (primary N) is 1. The van der Waals surface area contributed by atoms with Crippen molar-refractivity contribution in [3.63, 3.8) is 0 Å². The van der Waals surface area contributed by atoms with Gasteiger partial charge >= 0.3 is 0 Å². The van der Waals surface area contributed by atoms with E-state index in [9.17, 15) is 0 Å². The normalized spacial score (nSPS) is 28.0. The third-order valence-electron chi connectivity index (χ3n) is 5.36. The first-order valence-electron chi connectivity index (χ1n) is 8.91. The molecule has 1 atom stereocenters. The Balaban J connectivity index is 1.77. The number of likely N-dealkylation sites (N-methyl/N-ethyl adjacent to an activating group) is 1. The summed E-state index contributed by atoms with van der Waals surface area (Å²) in [6.07, 6.45) is 7.68. The van der Waals surface area contributed by atoms with Crippen LogP contribution < -0.4 is 5.73 Å². The van der Waals surface area contributed by atoms with Gasteiger partial charge in [0, 0.05) is 25.2 Å². The molecule has 1 heterocycles. The fourth-order valence-electron chi connectivity index (χ4n) is 3.49. The van der Waals surface area contributed by atoms with Gasteiger partial charge in [-0.3, -0.25) is 4.90 Å². The van der Waals surface area contributed by atoms with Crippen LogP contribution >= 0.6 is 0 Å². The van der Waals surface area contributed by atoms with E-state index in [1.165, 1.54) is 58.2 Å². The number of hydrogen-bond acceptors (Lipinski definition) is 4. The van der Waals surface area contributed by atoms with Crippen molar-refractivity contribution in [2.75, 3.05) is 53.0 Å². The predicted octanol–water partition coefficient (Wildman–Crippen LogP) is 1.94. The number of nitrogens with zero attached hydrogens (tertiary/aromatic N) is 2. The van der Waals surface area contributed by atoms with Crippen LogP contribution in [-0.4, -0.2) is 68.3 Å². The van der Waals surface area contributed by atoms with Crippen LogP contribution in [0.1, 0.15) is 45.4 Å². The van der Waals surface area contributed by atoms with E-state index in [4.69, 9.17) is 10.5 Å². The molecule has 4 heteroatoms. The van der Waals surface area contributed by atoms with Gasteiger partial charge in [-0.15, -0.1) is 0 Å². The Morgan fingerprint density at radius 3 is 2.76 bits per heavy atom. The van der Waals surface area contributed by atoms with E-state index in [0.29, 0.717) is 0 Å². The molecular weight excluding hydrogens is 262 g/mol. The van der Waals surface area contributed by atoms with Crippen molar-refractivity contribution in [1.82, 2.24) is 9.80 Å². The number of rotatable bonds is 9. The van der Waals surface area contributed by atoms with E-state index in [0.717, 1.165) is 32.2 Å². The highest BCUT2D eigenvalue weighted by Crippen LogP contribution is 2.29. The summed E-state index contributed by atoms with van der Waals surface area (Å²) in [6, 6.07) is 0. The largest absolute Gasteiger partial charge is 0.380 e. The van der Waals surface area contributed by atoms with E-state index in [1.54, 1.807) is 0 Å². The molecule has 0 amide bonds. The maximum atomic E-state index is 6.19. The second-order valence-corrected chi connectivity index (χ2v) is 7.06. The van der Waals surface area contributed by atoms with E-state index in [2.05, 4.69) is 23.8 Å². The topological polar surface area (TPSA) is 41.7 Å². The summed E-state index contributed by atoms with van der Waals surface area (Å²) in [6.45, 7) is 9.53. The molecule has 1 saturated heterocycles. The molecule has 2 rings (SSSR count). The summed E-state index contributed by atoms with van der Waals surface area (Å²) in [7, 11) is 2.24. The van der Waals surface area contributed by atoms with Gasteiger partial charge in [0.05, 0.1) is 6.61 Å². The molecule has 21 heavy (non-hydrogen) atoms. The molecule has 0 radical (unpaired) electrons. The maximum Gasteiger partial charge on any atom is 0.0593 e. The quantitative estimate of drug-likeness (QED) is 0.660. The lowest BCUT2D eigenvalue weighted by Crippen LogP contribution is -2.53. The fourth-order valence-corrected chi connectivity index (χ4v) is 3.49. The molecule has 1 aliphatic heterocycles. The van der Waals surface area contributed by atoms with E-state index in [-0.39, 0.29) is 5.54 Å². The highest BCUT2D eigenvalue weighted by atomic mass is 16.5. The minimum absolute atomic E-state index is 0.186. The van der Waals surface area contributed by atoms with Gasteiger partial charge in [-0.25, -0.2) is 0 Å². The zero-order chi connectivity index (χ0) is 15.1. The first-order valence-corrected chi connectivity index (χ1v) is 8.91. The summed E-state index contributed by atoms with van der Waals surface area (Å²) in [5.74, 6) is 0.860. The zero-order valence-corrected chi connectivity index (χ0v) is 14.1. The summed E-state index contributed by atoms with van der Waals surface area (Å²) < 4.78 is 5.81. The minimum atomic E-state index is 0.186. The molecule has 0 spiro atoms. The van der Waals surface area contributed by atoms with Crippen LogP contribution in [0.4, 0.5) is 0 Å². The first-order chi connectivity index (χ1) is 10.2. The van der Waals surface area contributed by atoms with Gasteiger partial charge in [0.1, 0.15) is 0 Å². The second kappa shape index (κ2) is 8.47. The molecular formula is C17H35N3O. The Bertz CT molecular complexity index is 296. The molecule has 1 aliphatic carbocycles. The number of hydrogen-bond donors (Lipinski definition) is 1. The van der Waals surface area contributed by atoms with Gasteiger partial charge in [0.2, 0.25) is 0 Å². The average molecular weight is 297 g/mol. The molecule has 2 aliphatic rings. The lowest BCUT2D eigenvalue weighted by atomic mass is 9.89. The summed E-state index contributed by atoms with van der Waals surface area (Å²) >= 11 is 0. The van der Waals surface area contributed by atoms with Crippen LogP contribution in [-0.2, 0) is 4.74 Å². The van der Waals surface area contributed by atoms with Crippen molar-refractivity contribution in [1.29, 1.82) is 0 Å². The van der Waals surface area contributed by atoms with E-state index >= 15 is 0 Å². The van der Waals surface area contributed by atoms with Gasteiger partial charge in [0.15, 0.2) is 0 Å². The van der Waals surface area contributed by atoms with E-state index < -0.39 is 0 Å². The molecule has 1 unspecified atom stereocenters. The first kappa shape index (κ1) is 17.2. The SMILES string of the molecule is CCCN1CCCC(CN)(N(C)CCOCC2CC2)CC1. The Kier molecular flexibility index (Phi) is 6.93. The lowest BCUT2D eigenvalue weighted by Gasteiger charge is -2.41. The zero-order valence-electron chi connectivity index (χ0n) is 14.1. The Morgan fingerprint density at radius 2 is 2.10 bits per heavy atom. The predicted molar refractivity (Wildman–Crippen MR) is 88.5 cm³/mol. The Labute approximate surface area is 131 Å². The smallest absolute Gasteiger partial charge is 0.0593 e. The van der Waals surface area contributed by atoms with Crippen LogP contribution in [0.15, 0.2) is 0 Å². The highest BCUT2D eigenvalue weighted by Gasteiger charge is 2.34. The summed E-state index contributed by atoms with van der Waals surface area (Å²) in [5.41, 5.74) is 6.38. The van der Waals surface area contributed by atoms with Gasteiger partial charge in [-0.2, -0.15) is 0 Å². The third kappa shape index (κ3) is 5.20. The van der Waals surface area contributed by atoms with Crippen molar-refractivity contribution >= 4 is 0 Å². The van der Waals surface area contributed by atoms with Crippen molar-refractivity contribution in [3.05, 3.63) is 0 Å². The molecule has 2 N–H and O–H groups in total. The lowest BCUT2D eigenvalue weighted by molar-refractivity contribution is 0.0512. The van der Waals surface area contributed by atoms with Gasteiger partial charge < -0.3 is 15.4 Å². The minimum Gasteiger partial charge on any atom is -0.380 e. The van der Waals surface area contributed by atoms with Crippen LogP contribution in [0.25, 0.3) is 0 Å². The van der Waals surface area contributed by atoms with Crippen LogP contribution in [0.5, 0.6) is 0 Å². The van der Waals surface area contributed by atoms with Gasteiger partial charge in [-0.05, 0) is 71.1 Å². The van der Waals surface area contributed by atoms with Crippen molar-refractivity contribution < 1.29 is 4.74 Å². The monoisotopic (exact) mass is 297 g/mol. The van der Waals surface area contributed by atoms with Crippen molar-refractivity contribution in [2.24, 2.45) is 11.7 Å². The highest BCUT2D eigenvalue weighted by molar-refractivity contribution is 4.93. The molecule has 4 nitrogen and oxygen atoms in total. The Morgan fingerprint density at radius 1 is 1.29 bits per heavy atom. The number of likely N-dealkylation sites (tertiary alicyclic amines) is 1. The molecule has 0 aromatic carbocycles. The third-order valence-corrected chi connectivity index (χ3v) is 5.36.